The van der Waals surface area contributed by atoms with E-state index < -0.39 is 21.8 Å². The fraction of sp³-hybridized carbons (Fsp3) is 0.421. The van der Waals surface area contributed by atoms with Crippen molar-refractivity contribution in [2.75, 3.05) is 11.1 Å². The summed E-state index contributed by atoms with van der Waals surface area (Å²) in [4.78, 5) is 53.9. The molecule has 1 atom stereocenters. The molecule has 4 amide bonds. The number of nitrogens with one attached hydrogen (secondary N) is 2. The van der Waals surface area contributed by atoms with Crippen molar-refractivity contribution in [2.24, 2.45) is 0 Å². The first-order valence-corrected chi connectivity index (χ1v) is 13.1. The van der Waals surface area contributed by atoms with Gasteiger partial charge in [0.1, 0.15) is 10.3 Å². The third-order valence-electron chi connectivity index (χ3n) is 5.30. The number of sulfone groups is 1. The van der Waals surface area contributed by atoms with Gasteiger partial charge in [0.05, 0.1) is 17.0 Å². The molecule has 0 spiro atoms. The number of aromatic nitrogens is 1. The van der Waals surface area contributed by atoms with E-state index in [-0.39, 0.29) is 58.6 Å². The van der Waals surface area contributed by atoms with Crippen LogP contribution in [0.1, 0.15) is 46.3 Å². The van der Waals surface area contributed by atoms with Crippen molar-refractivity contribution in [1.82, 2.24) is 15.2 Å². The number of aryl methyl sites for hydroxylation is 2. The maximum absolute atomic E-state index is 12.9. The van der Waals surface area contributed by atoms with Crippen LogP contribution in [0.15, 0.2) is 9.59 Å². The second kappa shape index (κ2) is 8.37. The van der Waals surface area contributed by atoms with Gasteiger partial charge in [0.25, 0.3) is 5.91 Å². The number of amides is 4. The summed E-state index contributed by atoms with van der Waals surface area (Å²) in [6, 6.07) is -0.707. The predicted molar refractivity (Wildman–Crippen MR) is 117 cm³/mol. The molecule has 13 heteroatoms. The van der Waals surface area contributed by atoms with E-state index in [1.807, 2.05) is 0 Å². The minimum atomic E-state index is -3.65. The first-order valence-electron chi connectivity index (χ1n) is 9.78. The fourth-order valence-electron chi connectivity index (χ4n) is 3.81. The number of carbonyl (C=O) groups is 4. The molecule has 2 aromatic heterocycles. The molecule has 2 aromatic rings. The Morgan fingerprint density at radius 3 is 2.78 bits per heavy atom. The summed E-state index contributed by atoms with van der Waals surface area (Å²) in [5, 5.41) is 6.69. The molecule has 1 fully saturated rings. The monoisotopic (exact) mass is 496 g/mol. The van der Waals surface area contributed by atoms with Crippen LogP contribution in [0.4, 0.5) is 5.13 Å². The number of nitrogens with zero attached hydrogens (tertiary/aromatic N) is 2. The number of anilines is 1. The van der Waals surface area contributed by atoms with Gasteiger partial charge in [0.15, 0.2) is 15.0 Å². The van der Waals surface area contributed by atoms with Gasteiger partial charge in [-0.25, -0.2) is 13.4 Å². The van der Waals surface area contributed by atoms with E-state index >= 15 is 0 Å². The third-order valence-corrected chi connectivity index (χ3v) is 9.87. The van der Waals surface area contributed by atoms with Gasteiger partial charge in [0, 0.05) is 30.1 Å². The Labute approximate surface area is 191 Å². The van der Waals surface area contributed by atoms with Gasteiger partial charge in [-0.3, -0.25) is 24.5 Å². The molecule has 2 N–H and O–H groups in total. The van der Waals surface area contributed by atoms with E-state index in [0.717, 1.165) is 21.8 Å². The van der Waals surface area contributed by atoms with E-state index in [1.54, 1.807) is 12.3 Å². The van der Waals surface area contributed by atoms with E-state index in [0.29, 0.717) is 11.3 Å². The maximum atomic E-state index is 12.9. The van der Waals surface area contributed by atoms with E-state index in [2.05, 4.69) is 15.6 Å². The van der Waals surface area contributed by atoms with Crippen LogP contribution < -0.4 is 10.6 Å². The minimum Gasteiger partial charge on any atom is -0.322 e. The molecule has 0 aliphatic carbocycles. The van der Waals surface area contributed by atoms with Gasteiger partial charge in [-0.15, -0.1) is 11.3 Å². The number of hydrogen-bond donors (Lipinski definition) is 2. The second-order valence-electron chi connectivity index (χ2n) is 7.59. The topological polar surface area (TPSA) is 143 Å². The van der Waals surface area contributed by atoms with Gasteiger partial charge in [-0.1, -0.05) is 11.3 Å². The molecule has 2 aliphatic rings. The van der Waals surface area contributed by atoms with Crippen molar-refractivity contribution in [1.29, 1.82) is 0 Å². The van der Waals surface area contributed by atoms with Crippen LogP contribution in [-0.2, 0) is 37.2 Å². The van der Waals surface area contributed by atoms with Gasteiger partial charge in [0.2, 0.25) is 17.7 Å². The quantitative estimate of drug-likeness (QED) is 0.573. The summed E-state index contributed by atoms with van der Waals surface area (Å²) in [5.74, 6) is -1.61. The molecule has 0 bridgehead atoms. The Morgan fingerprint density at radius 1 is 1.34 bits per heavy atom. The highest BCUT2D eigenvalue weighted by atomic mass is 32.2. The van der Waals surface area contributed by atoms with Crippen LogP contribution >= 0.6 is 22.7 Å². The van der Waals surface area contributed by atoms with Gasteiger partial charge >= 0.3 is 0 Å². The summed E-state index contributed by atoms with van der Waals surface area (Å²) in [6.45, 7) is 3.11. The molecule has 32 heavy (non-hydrogen) atoms. The molecular weight excluding hydrogens is 476 g/mol. The van der Waals surface area contributed by atoms with Gasteiger partial charge < -0.3 is 10.2 Å². The number of thiophene rings is 1. The Hall–Kier alpha value is -2.64. The molecule has 0 saturated carbocycles. The van der Waals surface area contributed by atoms with Gasteiger partial charge in [-0.05, 0) is 25.3 Å². The van der Waals surface area contributed by atoms with Crippen molar-refractivity contribution >= 4 is 61.3 Å². The average molecular weight is 497 g/mol. The highest BCUT2D eigenvalue weighted by molar-refractivity contribution is 7.93. The number of rotatable bonds is 6. The molecule has 10 nitrogen and oxygen atoms in total. The first kappa shape index (κ1) is 22.6. The normalized spacial score (nSPS) is 18.6. The summed E-state index contributed by atoms with van der Waals surface area (Å²) < 4.78 is 25.9. The predicted octanol–water partition coefficient (Wildman–Crippen LogP) is 1.25. The van der Waals surface area contributed by atoms with Crippen LogP contribution in [0.2, 0.25) is 0 Å². The Bertz CT molecular complexity index is 1250. The van der Waals surface area contributed by atoms with Crippen molar-refractivity contribution in [3.8, 4) is 0 Å². The third kappa shape index (κ3) is 4.19. The number of carbonyl (C=O) groups excluding carboxylic acids is 4. The number of imide groups is 1. The molecule has 1 unspecified atom stereocenters. The van der Waals surface area contributed by atoms with Crippen molar-refractivity contribution in [3.05, 3.63) is 27.1 Å². The average Bonchev–Trinajstić information content (AvgIpc) is 3.35. The SMILES string of the molecule is CC(=O)Nc1nc(C)c(S(=O)(=O)CCc2scc3c2CN(C2CCC(=O)NC2=O)C3=O)s1. The largest absolute Gasteiger partial charge is 0.322 e. The first-order chi connectivity index (χ1) is 15.1. The maximum Gasteiger partial charge on any atom is 0.256 e. The number of hydrogen-bond acceptors (Lipinski definition) is 9. The highest BCUT2D eigenvalue weighted by Gasteiger charge is 2.40. The lowest BCUT2D eigenvalue weighted by Gasteiger charge is -2.29. The van der Waals surface area contributed by atoms with Crippen LogP contribution in [-0.4, -0.2) is 53.7 Å². The second-order valence-corrected chi connectivity index (χ2v) is 11.9. The zero-order valence-electron chi connectivity index (χ0n) is 17.3. The molecule has 2 aliphatic heterocycles. The molecule has 0 aromatic carbocycles. The lowest BCUT2D eigenvalue weighted by Crippen LogP contribution is -2.52. The molecule has 170 valence electrons. The number of thiazole rings is 1. The molecule has 0 radical (unpaired) electrons. The molecule has 4 rings (SSSR count). The Kier molecular flexibility index (Phi) is 5.90. The molecular formula is C19H20N4O6S3. The Morgan fingerprint density at radius 2 is 2.09 bits per heavy atom. The standard InChI is InChI=1S/C19H20N4O6S3/c1-9-18(31-19(20-9)21-10(2)24)32(28,29)6-5-14-11-7-23(17(27)12(11)8-30-14)13-3-4-15(25)22-16(13)26/h8,13H,3-7H2,1-2H3,(H,20,21,24)(H,22,25,26). The van der Waals surface area contributed by atoms with Crippen LogP contribution in [0, 0.1) is 6.92 Å². The van der Waals surface area contributed by atoms with Crippen molar-refractivity contribution in [3.63, 3.8) is 0 Å². The fourth-order valence-corrected chi connectivity index (χ4v) is 7.87. The smallest absolute Gasteiger partial charge is 0.256 e. The van der Waals surface area contributed by atoms with Crippen molar-refractivity contribution < 1.29 is 27.6 Å². The summed E-state index contributed by atoms with van der Waals surface area (Å²) in [5.41, 5.74) is 1.54. The number of fused-ring (bicyclic) bond motifs is 1. The van der Waals surface area contributed by atoms with Crippen LogP contribution in [0.3, 0.4) is 0 Å². The molecule has 4 heterocycles. The number of piperidine rings is 1. The van der Waals surface area contributed by atoms with Crippen molar-refractivity contribution in [2.45, 2.75) is 49.9 Å². The zero-order chi connectivity index (χ0) is 23.2. The van der Waals surface area contributed by atoms with Crippen LogP contribution in [0.25, 0.3) is 0 Å². The summed E-state index contributed by atoms with van der Waals surface area (Å²) in [7, 11) is -3.65. The van der Waals surface area contributed by atoms with E-state index in [4.69, 9.17) is 0 Å². The minimum absolute atomic E-state index is 0.107. The molecule has 1 saturated heterocycles. The van der Waals surface area contributed by atoms with E-state index in [1.165, 1.54) is 23.2 Å². The zero-order valence-corrected chi connectivity index (χ0v) is 19.7. The van der Waals surface area contributed by atoms with Crippen LogP contribution in [0.5, 0.6) is 0 Å². The lowest BCUT2D eigenvalue weighted by atomic mass is 10.0. The van der Waals surface area contributed by atoms with E-state index in [9.17, 15) is 27.6 Å². The van der Waals surface area contributed by atoms with Gasteiger partial charge in [-0.2, -0.15) is 0 Å². The summed E-state index contributed by atoms with van der Waals surface area (Å²) >= 11 is 2.24. The highest BCUT2D eigenvalue weighted by Crippen LogP contribution is 2.35. The lowest BCUT2D eigenvalue weighted by molar-refractivity contribution is -0.137. The Balaban J connectivity index is 1.48. The summed E-state index contributed by atoms with van der Waals surface area (Å²) in [6.07, 6.45) is 0.660.